The molecule has 3 aromatic rings. The van der Waals surface area contributed by atoms with Crippen LogP contribution in [0.1, 0.15) is 16.3 Å². The van der Waals surface area contributed by atoms with Crippen molar-refractivity contribution in [2.45, 2.75) is 11.6 Å². The Balaban J connectivity index is 1.58. The van der Waals surface area contributed by atoms with Gasteiger partial charge in [-0.15, -0.1) is 32.9 Å². The van der Waals surface area contributed by atoms with Gasteiger partial charge in [0.05, 0.1) is 11.3 Å². The quantitative estimate of drug-likeness (QED) is 0.669. The fourth-order valence-electron chi connectivity index (χ4n) is 1.98. The van der Waals surface area contributed by atoms with Gasteiger partial charge in [0.25, 0.3) is 0 Å². The monoisotopic (exact) mass is 375 g/mol. The number of carbonyl (C=O) groups is 1. The van der Waals surface area contributed by atoms with Crippen molar-refractivity contribution in [1.29, 1.82) is 5.26 Å². The molecule has 0 aliphatic rings. The van der Waals surface area contributed by atoms with E-state index in [1.54, 1.807) is 22.8 Å². The lowest BCUT2D eigenvalue weighted by atomic mass is 10.3. The highest BCUT2D eigenvalue weighted by atomic mass is 32.2. The topological polar surface area (TPSA) is 83.6 Å². The van der Waals surface area contributed by atoms with Crippen LogP contribution < -0.4 is 5.32 Å². The van der Waals surface area contributed by atoms with Crippen LogP contribution in [-0.2, 0) is 18.3 Å². The summed E-state index contributed by atoms with van der Waals surface area (Å²) in [5, 5.41) is 25.1. The van der Waals surface area contributed by atoms with Crippen molar-refractivity contribution in [1.82, 2.24) is 14.8 Å². The maximum Gasteiger partial charge on any atom is 0.235 e. The van der Waals surface area contributed by atoms with Gasteiger partial charge in [-0.25, -0.2) is 0 Å². The van der Waals surface area contributed by atoms with Crippen molar-refractivity contribution in [3.05, 3.63) is 45.2 Å². The Morgan fingerprint density at radius 3 is 3.00 bits per heavy atom. The summed E-state index contributed by atoms with van der Waals surface area (Å²) in [5.41, 5.74) is 0.482. The molecule has 122 valence electrons. The summed E-state index contributed by atoms with van der Waals surface area (Å²) in [7, 11) is 1.90. The van der Waals surface area contributed by atoms with Crippen molar-refractivity contribution in [3.63, 3.8) is 0 Å². The molecule has 3 rings (SSSR count). The molecule has 1 N–H and O–H groups in total. The van der Waals surface area contributed by atoms with Gasteiger partial charge in [0.1, 0.15) is 16.9 Å². The van der Waals surface area contributed by atoms with Crippen LogP contribution >= 0.6 is 34.4 Å². The van der Waals surface area contributed by atoms with Gasteiger partial charge in [0.2, 0.25) is 5.91 Å². The summed E-state index contributed by atoms with van der Waals surface area (Å²) >= 11 is 4.35. The van der Waals surface area contributed by atoms with E-state index in [1.165, 1.54) is 28.0 Å². The van der Waals surface area contributed by atoms with Crippen molar-refractivity contribution < 1.29 is 4.79 Å². The summed E-state index contributed by atoms with van der Waals surface area (Å²) in [6.45, 7) is 0. The zero-order valence-electron chi connectivity index (χ0n) is 12.7. The highest BCUT2D eigenvalue weighted by molar-refractivity contribution is 7.99. The number of rotatable bonds is 6. The Bertz CT molecular complexity index is 875. The van der Waals surface area contributed by atoms with Crippen LogP contribution in [0.25, 0.3) is 0 Å². The number of carbonyl (C=O) groups excluding carboxylic acids is 1. The highest BCUT2D eigenvalue weighted by Gasteiger charge is 2.13. The molecule has 0 unspecified atom stereocenters. The van der Waals surface area contributed by atoms with Crippen molar-refractivity contribution in [3.8, 4) is 6.07 Å². The van der Waals surface area contributed by atoms with Gasteiger partial charge in [0.15, 0.2) is 5.16 Å². The first kappa shape index (κ1) is 16.7. The summed E-state index contributed by atoms with van der Waals surface area (Å²) in [4.78, 5) is 13.3. The summed E-state index contributed by atoms with van der Waals surface area (Å²) in [6, 6.07) is 7.81. The molecule has 9 heteroatoms. The molecule has 0 radical (unpaired) electrons. The highest BCUT2D eigenvalue weighted by Crippen LogP contribution is 2.23. The van der Waals surface area contributed by atoms with E-state index >= 15 is 0 Å². The summed E-state index contributed by atoms with van der Waals surface area (Å²) < 4.78 is 1.91. The molecule has 0 fully saturated rings. The van der Waals surface area contributed by atoms with E-state index in [2.05, 4.69) is 27.6 Å². The molecular formula is C15H13N5OS3. The van der Waals surface area contributed by atoms with Crippen LogP contribution in [0.2, 0.25) is 0 Å². The van der Waals surface area contributed by atoms with Crippen molar-refractivity contribution >= 4 is 45.3 Å². The normalized spacial score (nSPS) is 10.5. The fourth-order valence-corrected chi connectivity index (χ4v) is 4.17. The first-order chi connectivity index (χ1) is 11.7. The van der Waals surface area contributed by atoms with Gasteiger partial charge in [-0.3, -0.25) is 4.79 Å². The minimum absolute atomic E-state index is 0.165. The molecule has 0 atom stereocenters. The first-order valence-corrected chi connectivity index (χ1v) is 9.72. The lowest BCUT2D eigenvalue weighted by Gasteiger charge is -2.04. The van der Waals surface area contributed by atoms with E-state index in [-0.39, 0.29) is 11.7 Å². The molecule has 0 saturated heterocycles. The third-order valence-electron chi connectivity index (χ3n) is 3.21. The second-order valence-electron chi connectivity index (χ2n) is 4.83. The van der Waals surface area contributed by atoms with Crippen LogP contribution in [0.15, 0.2) is 34.1 Å². The first-order valence-electron chi connectivity index (χ1n) is 6.98. The molecule has 0 aliphatic carbocycles. The van der Waals surface area contributed by atoms with E-state index < -0.39 is 0 Å². The van der Waals surface area contributed by atoms with Crippen molar-refractivity contribution in [2.24, 2.45) is 7.05 Å². The average Bonchev–Trinajstić information content (AvgIpc) is 3.30. The predicted molar refractivity (Wildman–Crippen MR) is 96.5 cm³/mol. The van der Waals surface area contributed by atoms with Gasteiger partial charge >= 0.3 is 0 Å². The van der Waals surface area contributed by atoms with E-state index in [0.29, 0.717) is 15.7 Å². The van der Waals surface area contributed by atoms with E-state index in [1.807, 2.05) is 23.1 Å². The number of nitriles is 1. The Morgan fingerprint density at radius 1 is 1.38 bits per heavy atom. The number of hydrogen-bond donors (Lipinski definition) is 1. The third-order valence-corrected chi connectivity index (χ3v) is 5.93. The van der Waals surface area contributed by atoms with Gasteiger partial charge in [-0.05, 0) is 22.9 Å². The summed E-state index contributed by atoms with van der Waals surface area (Å²) in [6.07, 6.45) is 0.731. The third kappa shape index (κ3) is 3.84. The molecule has 0 bridgehead atoms. The molecule has 0 spiro atoms. The average molecular weight is 376 g/mol. The Morgan fingerprint density at radius 2 is 2.25 bits per heavy atom. The van der Waals surface area contributed by atoms with Gasteiger partial charge in [-0.1, -0.05) is 17.8 Å². The van der Waals surface area contributed by atoms with E-state index in [9.17, 15) is 4.79 Å². The number of nitrogens with one attached hydrogen (secondary N) is 1. The Kier molecular flexibility index (Phi) is 5.30. The number of amides is 1. The number of thioether (sulfide) groups is 1. The lowest BCUT2D eigenvalue weighted by Crippen LogP contribution is -2.14. The fraction of sp³-hybridized carbons (Fsp3) is 0.200. The molecule has 0 aromatic carbocycles. The molecule has 3 heterocycles. The number of nitrogens with zero attached hydrogens (tertiary/aromatic N) is 4. The zero-order valence-corrected chi connectivity index (χ0v) is 15.2. The summed E-state index contributed by atoms with van der Waals surface area (Å²) in [5.74, 6) is 0.917. The SMILES string of the molecule is Cn1c(Cc2cccs2)nnc1SCC(=O)Nc1sccc1C#N. The second kappa shape index (κ2) is 7.61. The molecule has 24 heavy (non-hydrogen) atoms. The van der Waals surface area contributed by atoms with Crippen LogP contribution in [-0.4, -0.2) is 26.4 Å². The van der Waals surface area contributed by atoms with E-state index in [0.717, 1.165) is 12.2 Å². The minimum Gasteiger partial charge on any atom is -0.316 e. The molecular weight excluding hydrogens is 362 g/mol. The molecule has 6 nitrogen and oxygen atoms in total. The molecule has 0 aliphatic heterocycles. The molecule has 0 saturated carbocycles. The second-order valence-corrected chi connectivity index (χ2v) is 7.72. The van der Waals surface area contributed by atoms with Gasteiger partial charge < -0.3 is 9.88 Å². The Hall–Kier alpha value is -2.15. The largest absolute Gasteiger partial charge is 0.316 e. The number of anilines is 1. The van der Waals surface area contributed by atoms with Gasteiger partial charge in [0, 0.05) is 18.3 Å². The minimum atomic E-state index is -0.165. The molecule has 1 amide bonds. The van der Waals surface area contributed by atoms with Crippen LogP contribution in [0.3, 0.4) is 0 Å². The molecule has 3 aromatic heterocycles. The standard InChI is InChI=1S/C15H13N5OS3/c1-20-12(7-11-3-2-5-22-11)18-19-15(20)24-9-13(21)17-14-10(8-16)4-6-23-14/h2-6H,7,9H2,1H3,(H,17,21). The number of thiophene rings is 2. The van der Waals surface area contributed by atoms with E-state index in [4.69, 9.17) is 5.26 Å². The van der Waals surface area contributed by atoms with Gasteiger partial charge in [-0.2, -0.15) is 5.26 Å². The lowest BCUT2D eigenvalue weighted by molar-refractivity contribution is -0.113. The smallest absolute Gasteiger partial charge is 0.235 e. The van der Waals surface area contributed by atoms with Crippen LogP contribution in [0, 0.1) is 11.3 Å². The Labute approximate surface area is 151 Å². The number of aromatic nitrogens is 3. The van der Waals surface area contributed by atoms with Crippen LogP contribution in [0.5, 0.6) is 0 Å². The predicted octanol–water partition coefficient (Wildman–Crippen LogP) is 3.13. The maximum absolute atomic E-state index is 12.0. The zero-order chi connectivity index (χ0) is 16.9. The van der Waals surface area contributed by atoms with Crippen LogP contribution in [0.4, 0.5) is 5.00 Å². The van der Waals surface area contributed by atoms with Crippen molar-refractivity contribution in [2.75, 3.05) is 11.1 Å². The maximum atomic E-state index is 12.0. The number of hydrogen-bond acceptors (Lipinski definition) is 7.